The molecule has 0 spiro atoms. The first-order valence-electron chi connectivity index (χ1n) is 7.15. The molecule has 0 amide bonds. The van der Waals surface area contributed by atoms with Gasteiger partial charge in [0, 0.05) is 6.42 Å². The SMILES string of the molecule is CC1/C=C\CCCCCCCCCCC(=O)O1. The minimum Gasteiger partial charge on any atom is -0.458 e. The maximum absolute atomic E-state index is 11.5. The van der Waals surface area contributed by atoms with Crippen molar-refractivity contribution in [3.05, 3.63) is 12.2 Å². The van der Waals surface area contributed by atoms with Crippen LogP contribution in [0.25, 0.3) is 0 Å². The zero-order valence-electron chi connectivity index (χ0n) is 11.1. The topological polar surface area (TPSA) is 26.3 Å². The third kappa shape index (κ3) is 8.00. The molecule has 0 bridgehead atoms. The molecule has 1 heterocycles. The molecule has 0 aliphatic carbocycles. The number of allylic oxidation sites excluding steroid dienone is 1. The fourth-order valence-electron chi connectivity index (χ4n) is 2.19. The normalized spacial score (nSPS) is 27.6. The average molecular weight is 238 g/mol. The quantitative estimate of drug-likeness (QED) is 0.462. The Labute approximate surface area is 105 Å². The molecule has 2 heteroatoms. The van der Waals surface area contributed by atoms with Crippen LogP contribution in [0, 0.1) is 0 Å². The second-order valence-corrected chi connectivity index (χ2v) is 4.99. The van der Waals surface area contributed by atoms with E-state index < -0.39 is 0 Å². The lowest BCUT2D eigenvalue weighted by Crippen LogP contribution is -2.12. The van der Waals surface area contributed by atoms with Gasteiger partial charge in [0.25, 0.3) is 0 Å². The summed E-state index contributed by atoms with van der Waals surface area (Å²) in [7, 11) is 0. The molecule has 0 aromatic carbocycles. The van der Waals surface area contributed by atoms with Crippen LogP contribution in [0.5, 0.6) is 0 Å². The van der Waals surface area contributed by atoms with E-state index >= 15 is 0 Å². The molecular weight excluding hydrogens is 212 g/mol. The Morgan fingerprint density at radius 2 is 1.59 bits per heavy atom. The lowest BCUT2D eigenvalue weighted by Gasteiger charge is -2.08. The molecule has 0 aromatic rings. The molecule has 1 unspecified atom stereocenters. The minimum atomic E-state index is -0.0624. The molecule has 0 saturated carbocycles. The number of hydrogen-bond acceptors (Lipinski definition) is 2. The highest BCUT2D eigenvalue weighted by Crippen LogP contribution is 2.12. The Kier molecular flexibility index (Phi) is 7.78. The zero-order chi connectivity index (χ0) is 12.3. The molecule has 17 heavy (non-hydrogen) atoms. The number of hydrogen-bond donors (Lipinski definition) is 0. The smallest absolute Gasteiger partial charge is 0.306 e. The van der Waals surface area contributed by atoms with Crippen LogP contribution in [0.15, 0.2) is 12.2 Å². The Bertz CT molecular complexity index is 233. The maximum Gasteiger partial charge on any atom is 0.306 e. The van der Waals surface area contributed by atoms with Gasteiger partial charge in [-0.25, -0.2) is 0 Å². The fourth-order valence-corrected chi connectivity index (χ4v) is 2.19. The molecule has 1 rings (SSSR count). The van der Waals surface area contributed by atoms with Crippen LogP contribution in [0.3, 0.4) is 0 Å². The van der Waals surface area contributed by atoms with Gasteiger partial charge in [0.1, 0.15) is 6.10 Å². The third-order valence-electron chi connectivity index (χ3n) is 3.23. The summed E-state index contributed by atoms with van der Waals surface area (Å²) in [6.45, 7) is 1.94. The van der Waals surface area contributed by atoms with E-state index in [1.54, 1.807) is 0 Å². The maximum atomic E-state index is 11.5. The Balaban J connectivity index is 2.31. The summed E-state index contributed by atoms with van der Waals surface area (Å²) < 4.78 is 5.30. The van der Waals surface area contributed by atoms with Gasteiger partial charge in [0.05, 0.1) is 0 Å². The predicted octanol–water partition coefficient (Wildman–Crippen LogP) is 4.39. The first-order chi connectivity index (χ1) is 8.29. The van der Waals surface area contributed by atoms with Gasteiger partial charge in [0.15, 0.2) is 0 Å². The zero-order valence-corrected chi connectivity index (χ0v) is 11.1. The van der Waals surface area contributed by atoms with E-state index in [9.17, 15) is 4.79 Å². The minimum absolute atomic E-state index is 0.0444. The summed E-state index contributed by atoms with van der Waals surface area (Å²) in [5, 5.41) is 0. The highest BCUT2D eigenvalue weighted by Gasteiger charge is 2.06. The van der Waals surface area contributed by atoms with Crippen LogP contribution < -0.4 is 0 Å². The second kappa shape index (κ2) is 9.26. The van der Waals surface area contributed by atoms with Crippen LogP contribution in [0.1, 0.15) is 71.1 Å². The first-order valence-corrected chi connectivity index (χ1v) is 7.15. The lowest BCUT2D eigenvalue weighted by molar-refractivity contribution is -0.146. The summed E-state index contributed by atoms with van der Waals surface area (Å²) in [6, 6.07) is 0. The van der Waals surface area contributed by atoms with E-state index in [1.807, 2.05) is 13.0 Å². The van der Waals surface area contributed by atoms with Gasteiger partial charge in [-0.1, -0.05) is 44.6 Å². The summed E-state index contributed by atoms with van der Waals surface area (Å²) in [5.74, 6) is -0.0444. The molecule has 0 fully saturated rings. The number of esters is 1. The van der Waals surface area contributed by atoms with Crippen molar-refractivity contribution in [1.82, 2.24) is 0 Å². The molecule has 0 radical (unpaired) electrons. The number of rotatable bonds is 0. The van der Waals surface area contributed by atoms with Crippen molar-refractivity contribution in [3.63, 3.8) is 0 Å². The molecule has 2 nitrogen and oxygen atoms in total. The monoisotopic (exact) mass is 238 g/mol. The van der Waals surface area contributed by atoms with Gasteiger partial charge in [-0.2, -0.15) is 0 Å². The summed E-state index contributed by atoms with van der Waals surface area (Å²) >= 11 is 0. The van der Waals surface area contributed by atoms with Crippen molar-refractivity contribution in [3.8, 4) is 0 Å². The van der Waals surface area contributed by atoms with E-state index in [0.29, 0.717) is 6.42 Å². The molecule has 0 saturated heterocycles. The Morgan fingerprint density at radius 3 is 2.29 bits per heavy atom. The van der Waals surface area contributed by atoms with Crippen molar-refractivity contribution in [2.45, 2.75) is 77.2 Å². The fraction of sp³-hybridized carbons (Fsp3) is 0.800. The van der Waals surface area contributed by atoms with Crippen molar-refractivity contribution in [2.75, 3.05) is 0 Å². The standard InChI is InChI=1S/C15H26O2/c1-14-12-10-8-6-4-2-3-5-7-9-11-13-15(16)17-14/h10,12,14H,2-9,11,13H2,1H3/b12-10-. The highest BCUT2D eigenvalue weighted by molar-refractivity contribution is 5.69. The van der Waals surface area contributed by atoms with Crippen molar-refractivity contribution >= 4 is 5.97 Å². The van der Waals surface area contributed by atoms with Crippen LogP contribution >= 0.6 is 0 Å². The van der Waals surface area contributed by atoms with Gasteiger partial charge in [0.2, 0.25) is 0 Å². The van der Waals surface area contributed by atoms with Crippen molar-refractivity contribution in [1.29, 1.82) is 0 Å². The highest BCUT2D eigenvalue weighted by atomic mass is 16.5. The van der Waals surface area contributed by atoms with Gasteiger partial charge >= 0.3 is 5.97 Å². The third-order valence-corrected chi connectivity index (χ3v) is 3.23. The van der Waals surface area contributed by atoms with E-state index in [0.717, 1.165) is 12.8 Å². The van der Waals surface area contributed by atoms with Gasteiger partial charge < -0.3 is 4.74 Å². The summed E-state index contributed by atoms with van der Waals surface area (Å²) in [5.41, 5.74) is 0. The second-order valence-electron chi connectivity index (χ2n) is 4.99. The van der Waals surface area contributed by atoms with Gasteiger partial charge in [-0.15, -0.1) is 0 Å². The van der Waals surface area contributed by atoms with E-state index in [4.69, 9.17) is 4.74 Å². The molecule has 1 aliphatic heterocycles. The van der Waals surface area contributed by atoms with E-state index in [2.05, 4.69) is 6.08 Å². The number of cyclic esters (lactones) is 1. The van der Waals surface area contributed by atoms with Crippen LogP contribution in [0.4, 0.5) is 0 Å². The van der Waals surface area contributed by atoms with Crippen molar-refractivity contribution < 1.29 is 9.53 Å². The predicted molar refractivity (Wildman–Crippen MR) is 70.9 cm³/mol. The number of carbonyl (C=O) groups excluding carboxylic acids is 1. The van der Waals surface area contributed by atoms with Gasteiger partial charge in [-0.3, -0.25) is 4.79 Å². The molecule has 1 aliphatic rings. The average Bonchev–Trinajstić information content (AvgIpc) is 2.30. The molecule has 98 valence electrons. The van der Waals surface area contributed by atoms with Crippen LogP contribution in [-0.2, 0) is 9.53 Å². The van der Waals surface area contributed by atoms with Crippen LogP contribution in [-0.4, -0.2) is 12.1 Å². The number of carbonyl (C=O) groups is 1. The van der Waals surface area contributed by atoms with Crippen molar-refractivity contribution in [2.24, 2.45) is 0 Å². The molecule has 0 N–H and O–H groups in total. The summed E-state index contributed by atoms with van der Waals surface area (Å²) in [4.78, 5) is 11.5. The van der Waals surface area contributed by atoms with Crippen LogP contribution in [0.2, 0.25) is 0 Å². The lowest BCUT2D eigenvalue weighted by atomic mass is 10.1. The molecule has 1 atom stereocenters. The largest absolute Gasteiger partial charge is 0.458 e. The Hall–Kier alpha value is -0.790. The van der Waals surface area contributed by atoms with Gasteiger partial charge in [-0.05, 0) is 32.3 Å². The number of ether oxygens (including phenoxy) is 1. The summed E-state index contributed by atoms with van der Waals surface area (Å²) in [6.07, 6.45) is 15.8. The molecular formula is C15H26O2. The molecule has 0 aromatic heterocycles. The van der Waals surface area contributed by atoms with E-state index in [1.165, 1.54) is 44.9 Å². The first kappa shape index (κ1) is 14.3. The van der Waals surface area contributed by atoms with E-state index in [-0.39, 0.29) is 12.1 Å². The Morgan fingerprint density at radius 1 is 1.00 bits per heavy atom.